The fraction of sp³-hybridized carbons (Fsp3) is 0.923. The third kappa shape index (κ3) is 4.08. The summed E-state index contributed by atoms with van der Waals surface area (Å²) in [5.74, 6) is 0.710. The second-order valence-electron chi connectivity index (χ2n) is 5.00. The molecule has 2 nitrogen and oxygen atoms in total. The average molecular weight is 290 g/mol. The van der Waals surface area contributed by atoms with Crippen LogP contribution in [0.5, 0.6) is 0 Å². The Hall–Kier alpha value is -0.0500. The molecule has 0 heterocycles. The molecule has 0 spiro atoms. The lowest BCUT2D eigenvalue weighted by atomic mass is 9.88. The summed E-state index contributed by atoms with van der Waals surface area (Å²) in [5.41, 5.74) is 0. The molecule has 0 atom stereocenters. The smallest absolute Gasteiger partial charge is 0.225 e. The van der Waals surface area contributed by atoms with Crippen LogP contribution in [0.4, 0.5) is 0 Å². The van der Waals surface area contributed by atoms with Gasteiger partial charge in [-0.15, -0.1) is 0 Å². The van der Waals surface area contributed by atoms with Crippen molar-refractivity contribution in [1.29, 1.82) is 0 Å². The largest absolute Gasteiger partial charge is 0.340 e. The second kappa shape index (κ2) is 7.31. The molecule has 1 saturated carbocycles. The lowest BCUT2D eigenvalue weighted by Gasteiger charge is -2.32. The van der Waals surface area contributed by atoms with Gasteiger partial charge in [0.25, 0.3) is 0 Å². The SMILES string of the molecule is CC(C)N(CCCBr)C(=O)C1CCCCC1. The van der Waals surface area contributed by atoms with E-state index in [2.05, 4.69) is 34.7 Å². The highest BCUT2D eigenvalue weighted by Crippen LogP contribution is 2.26. The molecule has 3 heteroatoms. The fourth-order valence-corrected chi connectivity index (χ4v) is 2.69. The van der Waals surface area contributed by atoms with Crippen molar-refractivity contribution in [2.24, 2.45) is 5.92 Å². The van der Waals surface area contributed by atoms with Crippen LogP contribution in [0.2, 0.25) is 0 Å². The van der Waals surface area contributed by atoms with Crippen molar-refractivity contribution in [2.75, 3.05) is 11.9 Å². The van der Waals surface area contributed by atoms with Crippen molar-refractivity contribution in [3.63, 3.8) is 0 Å². The lowest BCUT2D eigenvalue weighted by Crippen LogP contribution is -2.42. The van der Waals surface area contributed by atoms with Gasteiger partial charge in [-0.25, -0.2) is 0 Å². The number of nitrogens with zero attached hydrogens (tertiary/aromatic N) is 1. The predicted octanol–water partition coefficient (Wildman–Crippen LogP) is 3.59. The van der Waals surface area contributed by atoms with E-state index in [1.54, 1.807) is 0 Å². The number of rotatable bonds is 5. The van der Waals surface area contributed by atoms with Crippen molar-refractivity contribution >= 4 is 21.8 Å². The number of carbonyl (C=O) groups excluding carboxylic acids is 1. The molecule has 1 aliphatic rings. The van der Waals surface area contributed by atoms with E-state index < -0.39 is 0 Å². The van der Waals surface area contributed by atoms with Crippen molar-refractivity contribution < 1.29 is 4.79 Å². The minimum absolute atomic E-state index is 0.312. The fourth-order valence-electron chi connectivity index (χ4n) is 2.44. The zero-order valence-corrected chi connectivity index (χ0v) is 12.1. The molecule has 0 bridgehead atoms. The molecule has 1 rings (SSSR count). The first-order valence-electron chi connectivity index (χ1n) is 6.53. The molecule has 94 valence electrons. The minimum Gasteiger partial charge on any atom is -0.340 e. The van der Waals surface area contributed by atoms with Crippen LogP contribution in [0.15, 0.2) is 0 Å². The van der Waals surface area contributed by atoms with Crippen molar-refractivity contribution in [3.8, 4) is 0 Å². The van der Waals surface area contributed by atoms with Crippen molar-refractivity contribution in [3.05, 3.63) is 0 Å². The second-order valence-corrected chi connectivity index (χ2v) is 5.80. The number of hydrogen-bond donors (Lipinski definition) is 0. The van der Waals surface area contributed by atoms with E-state index in [-0.39, 0.29) is 0 Å². The van der Waals surface area contributed by atoms with Gasteiger partial charge in [0.05, 0.1) is 0 Å². The van der Waals surface area contributed by atoms with Crippen LogP contribution < -0.4 is 0 Å². The number of alkyl halides is 1. The normalized spacial score (nSPS) is 17.8. The van der Waals surface area contributed by atoms with Gasteiger partial charge >= 0.3 is 0 Å². The summed E-state index contributed by atoms with van der Waals surface area (Å²) >= 11 is 3.43. The molecule has 0 aromatic heterocycles. The summed E-state index contributed by atoms with van der Waals surface area (Å²) in [6, 6.07) is 0.341. The lowest BCUT2D eigenvalue weighted by molar-refractivity contribution is -0.138. The van der Waals surface area contributed by atoms with Gasteiger partial charge in [0.2, 0.25) is 5.91 Å². The van der Waals surface area contributed by atoms with E-state index >= 15 is 0 Å². The zero-order chi connectivity index (χ0) is 12.0. The summed E-state index contributed by atoms with van der Waals surface area (Å²) < 4.78 is 0. The first kappa shape index (κ1) is 14.0. The van der Waals surface area contributed by atoms with Crippen LogP contribution >= 0.6 is 15.9 Å². The topological polar surface area (TPSA) is 20.3 Å². The summed E-state index contributed by atoms with van der Waals surface area (Å²) in [7, 11) is 0. The number of carbonyl (C=O) groups is 1. The first-order chi connectivity index (χ1) is 7.66. The molecule has 0 saturated heterocycles. The Labute approximate surface area is 108 Å². The zero-order valence-electron chi connectivity index (χ0n) is 10.5. The van der Waals surface area contributed by atoms with Gasteiger partial charge < -0.3 is 4.90 Å². The van der Waals surface area contributed by atoms with Gasteiger partial charge in [-0.05, 0) is 33.1 Å². The average Bonchev–Trinajstić information content (AvgIpc) is 2.30. The van der Waals surface area contributed by atoms with Crippen molar-refractivity contribution in [1.82, 2.24) is 4.90 Å². The molecule has 0 aliphatic heterocycles. The molecule has 0 N–H and O–H groups in total. The summed E-state index contributed by atoms with van der Waals surface area (Å²) in [5, 5.41) is 0.980. The Morgan fingerprint density at radius 3 is 2.44 bits per heavy atom. The third-order valence-corrected chi connectivity index (χ3v) is 3.95. The Morgan fingerprint density at radius 2 is 1.94 bits per heavy atom. The molecular weight excluding hydrogens is 266 g/mol. The van der Waals surface area contributed by atoms with E-state index in [9.17, 15) is 4.79 Å². The quantitative estimate of drug-likeness (QED) is 0.709. The Kier molecular flexibility index (Phi) is 6.40. The van der Waals surface area contributed by atoms with Crippen LogP contribution in [0.25, 0.3) is 0 Å². The molecule has 0 aromatic rings. The maximum absolute atomic E-state index is 12.4. The van der Waals surface area contributed by atoms with Gasteiger partial charge in [0, 0.05) is 23.8 Å². The molecule has 0 aromatic carbocycles. The maximum atomic E-state index is 12.4. The number of amides is 1. The van der Waals surface area contributed by atoms with Crippen LogP contribution in [0.3, 0.4) is 0 Å². The monoisotopic (exact) mass is 289 g/mol. The van der Waals surface area contributed by atoms with Crippen LogP contribution in [0.1, 0.15) is 52.4 Å². The van der Waals surface area contributed by atoms with Gasteiger partial charge in [-0.3, -0.25) is 4.79 Å². The molecule has 16 heavy (non-hydrogen) atoms. The molecule has 0 unspecified atom stereocenters. The summed E-state index contributed by atoms with van der Waals surface area (Å²) in [4.78, 5) is 14.4. The van der Waals surface area contributed by atoms with Crippen LogP contribution in [0, 0.1) is 5.92 Å². The molecule has 1 amide bonds. The predicted molar refractivity (Wildman–Crippen MR) is 71.8 cm³/mol. The van der Waals surface area contributed by atoms with E-state index in [0.29, 0.717) is 17.9 Å². The van der Waals surface area contributed by atoms with Gasteiger partial charge in [0.15, 0.2) is 0 Å². The van der Waals surface area contributed by atoms with E-state index in [1.165, 1.54) is 19.3 Å². The molecule has 1 aliphatic carbocycles. The first-order valence-corrected chi connectivity index (χ1v) is 7.65. The third-order valence-electron chi connectivity index (χ3n) is 3.39. The van der Waals surface area contributed by atoms with E-state index in [1.807, 2.05) is 0 Å². The van der Waals surface area contributed by atoms with Crippen LogP contribution in [-0.4, -0.2) is 28.7 Å². The summed E-state index contributed by atoms with van der Waals surface area (Å²) in [6.45, 7) is 5.14. The Morgan fingerprint density at radius 1 is 1.31 bits per heavy atom. The molecule has 1 fully saturated rings. The standard InChI is InChI=1S/C13H24BrNO/c1-11(2)15(10-6-9-14)13(16)12-7-4-3-5-8-12/h11-12H,3-10H2,1-2H3. The number of halogens is 1. The maximum Gasteiger partial charge on any atom is 0.225 e. The number of hydrogen-bond acceptors (Lipinski definition) is 1. The van der Waals surface area contributed by atoms with Gasteiger partial charge in [0.1, 0.15) is 0 Å². The van der Waals surface area contributed by atoms with E-state index in [0.717, 1.165) is 31.1 Å². The van der Waals surface area contributed by atoms with E-state index in [4.69, 9.17) is 0 Å². The minimum atomic E-state index is 0.312. The highest BCUT2D eigenvalue weighted by molar-refractivity contribution is 9.09. The molecular formula is C13H24BrNO. The Bertz CT molecular complexity index is 212. The molecule has 0 radical (unpaired) electrons. The van der Waals surface area contributed by atoms with Gasteiger partial charge in [-0.2, -0.15) is 0 Å². The highest BCUT2D eigenvalue weighted by atomic mass is 79.9. The Balaban J connectivity index is 2.51. The van der Waals surface area contributed by atoms with Crippen molar-refractivity contribution in [2.45, 2.75) is 58.4 Å². The van der Waals surface area contributed by atoms with Crippen LogP contribution in [-0.2, 0) is 4.79 Å². The highest BCUT2D eigenvalue weighted by Gasteiger charge is 2.26. The summed E-state index contributed by atoms with van der Waals surface area (Å²) in [6.07, 6.45) is 7.05. The van der Waals surface area contributed by atoms with Gasteiger partial charge in [-0.1, -0.05) is 35.2 Å².